The molecular formula is C29H25NO4S. The Hall–Kier alpha value is -4.03. The van der Waals surface area contributed by atoms with Gasteiger partial charge < -0.3 is 14.8 Å². The number of amides is 1. The van der Waals surface area contributed by atoms with Gasteiger partial charge in [0.2, 0.25) is 0 Å². The van der Waals surface area contributed by atoms with Gasteiger partial charge in [-0.05, 0) is 47.5 Å². The molecule has 1 N–H and O–H groups in total. The first-order valence-electron chi connectivity index (χ1n) is 11.0. The third-order valence-corrected chi connectivity index (χ3v) is 6.46. The van der Waals surface area contributed by atoms with Crippen molar-refractivity contribution in [3.8, 4) is 22.6 Å². The molecule has 0 heterocycles. The summed E-state index contributed by atoms with van der Waals surface area (Å²) in [6.45, 7) is 0. The first-order chi connectivity index (χ1) is 17.1. The molecular weight excluding hydrogens is 458 g/mol. The van der Waals surface area contributed by atoms with Gasteiger partial charge in [-0.2, -0.15) is 0 Å². The Kier molecular flexibility index (Phi) is 7.85. The Labute approximate surface area is 209 Å². The summed E-state index contributed by atoms with van der Waals surface area (Å²) in [6, 6.07) is 30.3. The van der Waals surface area contributed by atoms with Crippen LogP contribution in [0.1, 0.15) is 20.7 Å². The van der Waals surface area contributed by atoms with Crippen molar-refractivity contribution in [1.82, 2.24) is 0 Å². The highest BCUT2D eigenvalue weighted by Gasteiger charge is 2.18. The van der Waals surface area contributed by atoms with Crippen LogP contribution in [-0.4, -0.2) is 31.7 Å². The second kappa shape index (κ2) is 11.4. The van der Waals surface area contributed by atoms with Gasteiger partial charge in [-0.3, -0.25) is 9.59 Å². The van der Waals surface area contributed by atoms with Gasteiger partial charge in [0, 0.05) is 16.1 Å². The third-order valence-electron chi connectivity index (χ3n) is 5.45. The van der Waals surface area contributed by atoms with E-state index in [1.807, 2.05) is 66.7 Å². The number of benzene rings is 4. The second-order valence-electron chi connectivity index (χ2n) is 7.67. The van der Waals surface area contributed by atoms with Crippen LogP contribution in [0.3, 0.4) is 0 Å². The van der Waals surface area contributed by atoms with Crippen LogP contribution < -0.4 is 14.8 Å². The van der Waals surface area contributed by atoms with Crippen molar-refractivity contribution in [3.05, 3.63) is 108 Å². The molecule has 0 bridgehead atoms. The highest BCUT2D eigenvalue weighted by Crippen LogP contribution is 2.29. The van der Waals surface area contributed by atoms with Crippen LogP contribution in [0.2, 0.25) is 0 Å². The van der Waals surface area contributed by atoms with E-state index in [2.05, 4.69) is 5.32 Å². The minimum atomic E-state index is -0.325. The molecule has 5 nitrogen and oxygen atoms in total. The maximum absolute atomic E-state index is 12.8. The lowest BCUT2D eigenvalue weighted by Crippen LogP contribution is -2.14. The molecule has 0 spiro atoms. The van der Waals surface area contributed by atoms with E-state index < -0.39 is 0 Å². The lowest BCUT2D eigenvalue weighted by Gasteiger charge is -2.13. The van der Waals surface area contributed by atoms with Crippen LogP contribution in [0.15, 0.2) is 102 Å². The molecule has 0 saturated heterocycles. The maximum atomic E-state index is 12.8. The Morgan fingerprint density at radius 3 is 1.91 bits per heavy atom. The average Bonchev–Trinajstić information content (AvgIpc) is 2.92. The number of nitrogens with one attached hydrogen (secondary N) is 1. The fraction of sp³-hybridized carbons (Fsp3) is 0.103. The zero-order valence-corrected chi connectivity index (χ0v) is 20.3. The molecule has 4 rings (SSSR count). The molecule has 1 amide bonds. The van der Waals surface area contributed by atoms with Crippen LogP contribution in [0, 0.1) is 0 Å². The summed E-state index contributed by atoms with van der Waals surface area (Å²) < 4.78 is 10.6. The van der Waals surface area contributed by atoms with Gasteiger partial charge in [0.15, 0.2) is 5.78 Å². The lowest BCUT2D eigenvalue weighted by molar-refractivity contribution is 0.101. The van der Waals surface area contributed by atoms with Crippen molar-refractivity contribution in [2.24, 2.45) is 0 Å². The minimum absolute atomic E-state index is 0.0651. The Morgan fingerprint density at radius 2 is 1.31 bits per heavy atom. The summed E-state index contributed by atoms with van der Waals surface area (Å²) in [7, 11) is 3.02. The molecule has 176 valence electrons. The summed E-state index contributed by atoms with van der Waals surface area (Å²) >= 11 is 1.46. The lowest BCUT2D eigenvalue weighted by atomic mass is 10.0. The van der Waals surface area contributed by atoms with Gasteiger partial charge in [-0.1, -0.05) is 60.7 Å². The van der Waals surface area contributed by atoms with Crippen LogP contribution >= 0.6 is 11.8 Å². The maximum Gasteiger partial charge on any atom is 0.263 e. The molecule has 6 heteroatoms. The summed E-state index contributed by atoms with van der Waals surface area (Å²) in [6.07, 6.45) is 0. The van der Waals surface area contributed by atoms with Gasteiger partial charge in [0.1, 0.15) is 17.1 Å². The SMILES string of the molecule is COc1cccc(OC)c1C(=O)Nc1ccc(SCC(=O)c2ccc(-c3ccccc3)cc2)cc1. The third kappa shape index (κ3) is 5.91. The van der Waals surface area contributed by atoms with E-state index >= 15 is 0 Å². The quantitative estimate of drug-likeness (QED) is 0.215. The molecule has 4 aromatic carbocycles. The zero-order chi connectivity index (χ0) is 24.6. The van der Waals surface area contributed by atoms with Crippen LogP contribution in [0.5, 0.6) is 11.5 Å². The van der Waals surface area contributed by atoms with Gasteiger partial charge in [-0.15, -0.1) is 11.8 Å². The molecule has 0 aliphatic heterocycles. The number of carbonyl (C=O) groups excluding carboxylic acids is 2. The van der Waals surface area contributed by atoms with E-state index in [0.29, 0.717) is 34.1 Å². The number of hydrogen-bond donors (Lipinski definition) is 1. The fourth-order valence-corrected chi connectivity index (χ4v) is 4.41. The van der Waals surface area contributed by atoms with E-state index in [9.17, 15) is 9.59 Å². The van der Waals surface area contributed by atoms with Crippen LogP contribution in [-0.2, 0) is 0 Å². The number of ether oxygens (including phenoxy) is 2. The summed E-state index contributed by atoms with van der Waals surface area (Å²) in [5.41, 5.74) is 3.86. The first-order valence-corrected chi connectivity index (χ1v) is 12.0. The van der Waals surface area contributed by atoms with E-state index in [-0.39, 0.29) is 11.7 Å². The van der Waals surface area contributed by atoms with Crippen molar-refractivity contribution in [2.75, 3.05) is 25.3 Å². The van der Waals surface area contributed by atoms with Gasteiger partial charge in [0.25, 0.3) is 5.91 Å². The first kappa shape index (κ1) is 24.1. The van der Waals surface area contributed by atoms with Crippen molar-refractivity contribution in [2.45, 2.75) is 4.90 Å². The molecule has 4 aromatic rings. The van der Waals surface area contributed by atoms with Crippen molar-refractivity contribution >= 4 is 29.1 Å². The van der Waals surface area contributed by atoms with Gasteiger partial charge in [0.05, 0.1) is 20.0 Å². The Morgan fingerprint density at radius 1 is 0.714 bits per heavy atom. The molecule has 0 unspecified atom stereocenters. The molecule has 35 heavy (non-hydrogen) atoms. The highest BCUT2D eigenvalue weighted by molar-refractivity contribution is 8.00. The van der Waals surface area contributed by atoms with Crippen LogP contribution in [0.4, 0.5) is 5.69 Å². The number of carbonyl (C=O) groups is 2. The molecule has 0 atom stereocenters. The average molecular weight is 484 g/mol. The molecule has 0 radical (unpaired) electrons. The number of methoxy groups -OCH3 is 2. The molecule has 0 saturated carbocycles. The topological polar surface area (TPSA) is 64.6 Å². The molecule has 0 aliphatic rings. The number of thioether (sulfide) groups is 1. The molecule has 0 fully saturated rings. The van der Waals surface area contributed by atoms with Gasteiger partial charge >= 0.3 is 0 Å². The molecule has 0 aliphatic carbocycles. The Balaban J connectivity index is 1.35. The van der Waals surface area contributed by atoms with E-state index in [1.165, 1.54) is 26.0 Å². The molecule has 0 aromatic heterocycles. The normalized spacial score (nSPS) is 10.5. The number of anilines is 1. The second-order valence-corrected chi connectivity index (χ2v) is 8.72. The van der Waals surface area contributed by atoms with Crippen molar-refractivity contribution in [3.63, 3.8) is 0 Å². The zero-order valence-electron chi connectivity index (χ0n) is 19.5. The number of ketones is 1. The summed E-state index contributed by atoms with van der Waals surface area (Å²) in [5.74, 6) is 0.937. The predicted octanol–water partition coefficient (Wildman–Crippen LogP) is 6.60. The minimum Gasteiger partial charge on any atom is -0.496 e. The predicted molar refractivity (Wildman–Crippen MR) is 141 cm³/mol. The largest absolute Gasteiger partial charge is 0.496 e. The number of rotatable bonds is 9. The van der Waals surface area contributed by atoms with Gasteiger partial charge in [-0.25, -0.2) is 0 Å². The Bertz CT molecular complexity index is 1280. The monoisotopic (exact) mass is 483 g/mol. The van der Waals surface area contributed by atoms with Crippen molar-refractivity contribution < 1.29 is 19.1 Å². The smallest absolute Gasteiger partial charge is 0.263 e. The highest BCUT2D eigenvalue weighted by atomic mass is 32.2. The van der Waals surface area contributed by atoms with E-state index in [0.717, 1.165) is 16.0 Å². The van der Waals surface area contributed by atoms with E-state index in [1.54, 1.807) is 30.3 Å². The summed E-state index contributed by atoms with van der Waals surface area (Å²) in [4.78, 5) is 26.4. The number of hydrogen-bond acceptors (Lipinski definition) is 5. The standard InChI is InChI=1S/C29H25NO4S/c1-33-26-9-6-10-27(34-2)28(26)29(32)30-23-15-17-24(18-16-23)35-19-25(31)22-13-11-21(12-14-22)20-7-4-3-5-8-20/h3-18H,19H2,1-2H3,(H,30,32). The summed E-state index contributed by atoms with van der Waals surface area (Å²) in [5, 5.41) is 2.87. The van der Waals surface area contributed by atoms with E-state index in [4.69, 9.17) is 9.47 Å². The van der Waals surface area contributed by atoms with Crippen LogP contribution in [0.25, 0.3) is 11.1 Å². The number of Topliss-reactive ketones (excluding diaryl/α,β-unsaturated/α-hetero) is 1. The van der Waals surface area contributed by atoms with Crippen molar-refractivity contribution in [1.29, 1.82) is 0 Å². The fourth-order valence-electron chi connectivity index (χ4n) is 3.61.